The zero-order valence-electron chi connectivity index (χ0n) is 10.5. The van der Waals surface area contributed by atoms with Crippen molar-refractivity contribution in [2.75, 3.05) is 13.7 Å². The van der Waals surface area contributed by atoms with Crippen molar-refractivity contribution >= 4 is 27.5 Å². The molecule has 0 spiro atoms. The number of carbonyl (C=O) groups is 1. The number of nitro groups is 1. The van der Waals surface area contributed by atoms with Crippen molar-refractivity contribution < 1.29 is 14.5 Å². The molecular weight excluding hydrogens is 318 g/mol. The number of amides is 1. The van der Waals surface area contributed by atoms with E-state index in [0.29, 0.717) is 10.0 Å². The first-order valence-electron chi connectivity index (χ1n) is 5.40. The van der Waals surface area contributed by atoms with E-state index in [4.69, 9.17) is 10.5 Å². The van der Waals surface area contributed by atoms with Gasteiger partial charge < -0.3 is 15.8 Å². The molecule has 7 nitrogen and oxygen atoms in total. The van der Waals surface area contributed by atoms with Crippen LogP contribution >= 0.6 is 15.9 Å². The molecule has 104 valence electrons. The summed E-state index contributed by atoms with van der Waals surface area (Å²) in [7, 11) is 1.56. The zero-order chi connectivity index (χ0) is 14.6. The highest BCUT2D eigenvalue weighted by Gasteiger charge is 2.21. The van der Waals surface area contributed by atoms with Gasteiger partial charge in [0.15, 0.2) is 5.75 Å². The summed E-state index contributed by atoms with van der Waals surface area (Å²) in [5, 5.41) is 13.6. The topological polar surface area (TPSA) is 107 Å². The molecule has 0 saturated carbocycles. The van der Waals surface area contributed by atoms with Crippen LogP contribution in [-0.2, 0) is 4.79 Å². The van der Waals surface area contributed by atoms with Gasteiger partial charge in [-0.05, 0) is 25.6 Å². The van der Waals surface area contributed by atoms with Crippen LogP contribution < -0.4 is 15.8 Å². The molecule has 0 aromatic heterocycles. The second-order valence-corrected chi connectivity index (χ2v) is 4.80. The molecule has 8 heteroatoms. The Morgan fingerprint density at radius 3 is 2.74 bits per heavy atom. The highest BCUT2D eigenvalue weighted by Crippen LogP contribution is 2.34. The summed E-state index contributed by atoms with van der Waals surface area (Å²) >= 11 is 3.19. The SMILES string of the molecule is CNC(COc1c(C)cc(Br)cc1[N+](=O)[O-])C(N)=O. The fourth-order valence-corrected chi connectivity index (χ4v) is 2.07. The van der Waals surface area contributed by atoms with Gasteiger partial charge in [0.05, 0.1) is 4.92 Å². The Labute approximate surface area is 118 Å². The minimum Gasteiger partial charge on any atom is -0.484 e. The Balaban J connectivity index is 3.00. The Bertz CT molecular complexity index is 507. The largest absolute Gasteiger partial charge is 0.484 e. The van der Waals surface area contributed by atoms with Gasteiger partial charge in [-0.2, -0.15) is 0 Å². The Kier molecular flexibility index (Phi) is 5.25. The van der Waals surface area contributed by atoms with E-state index in [9.17, 15) is 14.9 Å². The molecule has 0 fully saturated rings. The molecule has 1 amide bonds. The molecule has 0 aliphatic heterocycles. The van der Waals surface area contributed by atoms with Crippen LogP contribution in [0.5, 0.6) is 5.75 Å². The number of carbonyl (C=O) groups excluding carboxylic acids is 1. The van der Waals surface area contributed by atoms with E-state index in [1.165, 1.54) is 6.07 Å². The fourth-order valence-electron chi connectivity index (χ4n) is 1.51. The monoisotopic (exact) mass is 331 g/mol. The van der Waals surface area contributed by atoms with Gasteiger partial charge in [-0.15, -0.1) is 0 Å². The summed E-state index contributed by atoms with van der Waals surface area (Å²) in [6.45, 7) is 1.61. The van der Waals surface area contributed by atoms with E-state index < -0.39 is 16.9 Å². The lowest BCUT2D eigenvalue weighted by atomic mass is 10.2. The number of hydrogen-bond acceptors (Lipinski definition) is 5. The van der Waals surface area contributed by atoms with Crippen LogP contribution in [0.3, 0.4) is 0 Å². The molecule has 1 unspecified atom stereocenters. The van der Waals surface area contributed by atoms with E-state index in [1.807, 2.05) is 0 Å². The number of nitro benzene ring substituents is 1. The number of ether oxygens (including phenoxy) is 1. The van der Waals surface area contributed by atoms with Gasteiger partial charge in [-0.25, -0.2) is 0 Å². The van der Waals surface area contributed by atoms with Crippen molar-refractivity contribution in [2.45, 2.75) is 13.0 Å². The molecule has 1 aromatic carbocycles. The second-order valence-electron chi connectivity index (χ2n) is 3.88. The average Bonchev–Trinajstić information content (AvgIpc) is 2.30. The van der Waals surface area contributed by atoms with Gasteiger partial charge in [-0.1, -0.05) is 15.9 Å². The highest BCUT2D eigenvalue weighted by molar-refractivity contribution is 9.10. The molecule has 1 rings (SSSR count). The zero-order valence-corrected chi connectivity index (χ0v) is 12.1. The quantitative estimate of drug-likeness (QED) is 0.599. The molecule has 0 aliphatic carbocycles. The number of nitrogens with one attached hydrogen (secondary N) is 1. The number of benzene rings is 1. The van der Waals surface area contributed by atoms with Gasteiger partial charge in [0.2, 0.25) is 5.91 Å². The summed E-state index contributed by atoms with van der Waals surface area (Å²) in [5.41, 5.74) is 5.59. The fraction of sp³-hybridized carbons (Fsp3) is 0.364. The van der Waals surface area contributed by atoms with E-state index in [0.717, 1.165) is 0 Å². The van der Waals surface area contributed by atoms with Crippen LogP contribution in [0.2, 0.25) is 0 Å². The van der Waals surface area contributed by atoms with E-state index in [-0.39, 0.29) is 18.0 Å². The number of nitrogens with zero attached hydrogens (tertiary/aromatic N) is 1. The van der Waals surface area contributed by atoms with Gasteiger partial charge in [0.1, 0.15) is 12.6 Å². The third-order valence-electron chi connectivity index (χ3n) is 2.50. The smallest absolute Gasteiger partial charge is 0.312 e. The Morgan fingerprint density at radius 2 is 2.26 bits per heavy atom. The molecule has 1 atom stereocenters. The van der Waals surface area contributed by atoms with E-state index >= 15 is 0 Å². The Hall–Kier alpha value is -1.67. The predicted molar refractivity (Wildman–Crippen MR) is 73.1 cm³/mol. The van der Waals surface area contributed by atoms with Crippen molar-refractivity contribution in [3.63, 3.8) is 0 Å². The standard InChI is InChI=1S/C11H14BrN3O4/c1-6-3-7(12)4-9(15(17)18)10(6)19-5-8(14-2)11(13)16/h3-4,8,14H,5H2,1-2H3,(H2,13,16). The molecular formula is C11H14BrN3O4. The third kappa shape index (κ3) is 3.90. The number of hydrogen-bond donors (Lipinski definition) is 2. The summed E-state index contributed by atoms with van der Waals surface area (Å²) in [4.78, 5) is 21.5. The number of nitrogens with two attached hydrogens (primary N) is 1. The van der Waals surface area contributed by atoms with Gasteiger partial charge in [0, 0.05) is 10.5 Å². The van der Waals surface area contributed by atoms with E-state index in [1.54, 1.807) is 20.0 Å². The van der Waals surface area contributed by atoms with Crippen LogP contribution in [0.1, 0.15) is 5.56 Å². The molecule has 0 aliphatic rings. The molecule has 0 saturated heterocycles. The lowest BCUT2D eigenvalue weighted by Gasteiger charge is -2.15. The number of primary amides is 1. The molecule has 0 bridgehead atoms. The van der Waals surface area contributed by atoms with Crippen molar-refractivity contribution in [3.05, 3.63) is 32.3 Å². The maximum atomic E-state index is 11.0. The maximum absolute atomic E-state index is 11.0. The summed E-state index contributed by atoms with van der Waals surface area (Å²) in [5.74, 6) is -0.449. The highest BCUT2D eigenvalue weighted by atomic mass is 79.9. The van der Waals surface area contributed by atoms with Crippen LogP contribution in [0, 0.1) is 17.0 Å². The first kappa shape index (κ1) is 15.4. The lowest BCUT2D eigenvalue weighted by molar-refractivity contribution is -0.386. The number of likely N-dealkylation sites (N-methyl/N-ethyl adjacent to an activating group) is 1. The molecule has 0 heterocycles. The van der Waals surface area contributed by atoms with Crippen molar-refractivity contribution in [1.82, 2.24) is 5.32 Å². The Morgan fingerprint density at radius 1 is 1.63 bits per heavy atom. The number of rotatable bonds is 6. The number of aryl methyl sites for hydroxylation is 1. The third-order valence-corrected chi connectivity index (χ3v) is 2.96. The lowest BCUT2D eigenvalue weighted by Crippen LogP contribution is -2.43. The molecule has 0 radical (unpaired) electrons. The van der Waals surface area contributed by atoms with Crippen molar-refractivity contribution in [3.8, 4) is 5.75 Å². The van der Waals surface area contributed by atoms with Crippen molar-refractivity contribution in [1.29, 1.82) is 0 Å². The normalized spacial score (nSPS) is 11.9. The second kappa shape index (κ2) is 6.48. The molecule has 19 heavy (non-hydrogen) atoms. The minimum atomic E-state index is -0.706. The van der Waals surface area contributed by atoms with Gasteiger partial charge >= 0.3 is 5.69 Å². The van der Waals surface area contributed by atoms with Crippen LogP contribution in [-0.4, -0.2) is 30.5 Å². The van der Waals surface area contributed by atoms with E-state index in [2.05, 4.69) is 21.2 Å². The summed E-state index contributed by atoms with van der Waals surface area (Å²) in [6.07, 6.45) is 0. The summed E-state index contributed by atoms with van der Waals surface area (Å²) < 4.78 is 5.96. The summed E-state index contributed by atoms with van der Waals surface area (Å²) in [6, 6.07) is 2.34. The minimum absolute atomic E-state index is 0.0743. The first-order valence-corrected chi connectivity index (χ1v) is 6.20. The van der Waals surface area contributed by atoms with Gasteiger partial charge in [0.25, 0.3) is 0 Å². The van der Waals surface area contributed by atoms with Crippen molar-refractivity contribution in [2.24, 2.45) is 5.73 Å². The van der Waals surface area contributed by atoms with Gasteiger partial charge in [-0.3, -0.25) is 14.9 Å². The number of halogens is 1. The maximum Gasteiger partial charge on any atom is 0.312 e. The van der Waals surface area contributed by atoms with Crippen LogP contribution in [0.15, 0.2) is 16.6 Å². The first-order chi connectivity index (χ1) is 8.86. The molecule has 3 N–H and O–H groups in total. The van der Waals surface area contributed by atoms with Crippen LogP contribution in [0.25, 0.3) is 0 Å². The average molecular weight is 332 g/mol. The van der Waals surface area contributed by atoms with Crippen LogP contribution in [0.4, 0.5) is 5.69 Å². The molecule has 1 aromatic rings. The predicted octanol–water partition coefficient (Wildman–Crippen LogP) is 1.12.